The van der Waals surface area contributed by atoms with Crippen LogP contribution in [0.1, 0.15) is 22.6 Å². The summed E-state index contributed by atoms with van der Waals surface area (Å²) in [6, 6.07) is 6.58. The first kappa shape index (κ1) is 17.8. The lowest BCUT2D eigenvalue weighted by molar-refractivity contribution is -0.138. The maximum atomic E-state index is 12.0. The molecule has 1 aromatic carbocycles. The Bertz CT molecular complexity index is 674. The molecule has 2 rings (SSSR count). The molecule has 0 unspecified atom stereocenters. The van der Waals surface area contributed by atoms with Crippen LogP contribution in [0.2, 0.25) is 0 Å². The van der Waals surface area contributed by atoms with Gasteiger partial charge in [0.2, 0.25) is 5.91 Å². The Hall–Kier alpha value is -2.51. The molecule has 1 amide bonds. The number of carbonyl (C=O) groups is 1. The molecule has 0 aliphatic heterocycles. The SMILES string of the molecule is Cc1noc(C)c1COc1ccc(CC(=O)NCC(F)(F)F)cc1. The summed E-state index contributed by atoms with van der Waals surface area (Å²) in [7, 11) is 0. The number of alkyl halides is 3. The van der Waals surface area contributed by atoms with E-state index in [4.69, 9.17) is 9.26 Å². The second-order valence-electron chi connectivity index (χ2n) is 5.30. The van der Waals surface area contributed by atoms with Gasteiger partial charge >= 0.3 is 6.18 Å². The fourth-order valence-corrected chi connectivity index (χ4v) is 2.01. The van der Waals surface area contributed by atoms with Gasteiger partial charge in [0.05, 0.1) is 17.7 Å². The first-order chi connectivity index (χ1) is 11.2. The molecule has 0 aliphatic carbocycles. The van der Waals surface area contributed by atoms with E-state index in [1.54, 1.807) is 31.2 Å². The van der Waals surface area contributed by atoms with Crippen molar-refractivity contribution in [2.24, 2.45) is 0 Å². The number of nitrogens with one attached hydrogen (secondary N) is 1. The fraction of sp³-hybridized carbons (Fsp3) is 0.375. The minimum atomic E-state index is -4.41. The van der Waals surface area contributed by atoms with Gasteiger partial charge in [-0.2, -0.15) is 13.2 Å². The maximum Gasteiger partial charge on any atom is 0.405 e. The minimum Gasteiger partial charge on any atom is -0.489 e. The Kier molecular flexibility index (Phi) is 5.48. The summed E-state index contributed by atoms with van der Waals surface area (Å²) in [5.74, 6) is 0.580. The van der Waals surface area contributed by atoms with E-state index in [-0.39, 0.29) is 6.42 Å². The molecule has 1 aromatic heterocycles. The highest BCUT2D eigenvalue weighted by molar-refractivity contribution is 5.78. The second-order valence-corrected chi connectivity index (χ2v) is 5.30. The molecule has 0 aliphatic rings. The third kappa shape index (κ3) is 5.29. The van der Waals surface area contributed by atoms with Crippen LogP contribution in [0.25, 0.3) is 0 Å². The average Bonchev–Trinajstić information content (AvgIpc) is 2.83. The molecule has 130 valence electrons. The average molecular weight is 342 g/mol. The molecular weight excluding hydrogens is 325 g/mol. The number of ether oxygens (including phenoxy) is 1. The van der Waals surface area contributed by atoms with Crippen molar-refractivity contribution < 1.29 is 27.2 Å². The lowest BCUT2D eigenvalue weighted by Gasteiger charge is -2.09. The van der Waals surface area contributed by atoms with Gasteiger partial charge in [-0.05, 0) is 31.5 Å². The zero-order valence-corrected chi connectivity index (χ0v) is 13.2. The van der Waals surface area contributed by atoms with Crippen LogP contribution >= 0.6 is 0 Å². The van der Waals surface area contributed by atoms with Crippen molar-refractivity contribution in [3.63, 3.8) is 0 Å². The summed E-state index contributed by atoms with van der Waals surface area (Å²) >= 11 is 0. The van der Waals surface area contributed by atoms with Crippen LogP contribution in [-0.2, 0) is 17.8 Å². The Balaban J connectivity index is 1.85. The smallest absolute Gasteiger partial charge is 0.405 e. The molecule has 24 heavy (non-hydrogen) atoms. The van der Waals surface area contributed by atoms with Gasteiger partial charge in [-0.1, -0.05) is 17.3 Å². The Labute approximate surface area is 136 Å². The van der Waals surface area contributed by atoms with Gasteiger partial charge in [0.15, 0.2) is 0 Å². The standard InChI is InChI=1S/C16H17F3N2O3/c1-10-14(11(2)24-21-10)8-23-13-5-3-12(4-6-13)7-15(22)20-9-16(17,18)19/h3-6H,7-9H2,1-2H3,(H,20,22). The predicted octanol–water partition coefficient (Wildman–Crippen LogP) is 3.09. The Morgan fingerprint density at radius 2 is 1.92 bits per heavy atom. The number of hydrogen-bond donors (Lipinski definition) is 1. The summed E-state index contributed by atoms with van der Waals surface area (Å²) in [5.41, 5.74) is 2.22. The Morgan fingerprint density at radius 3 is 2.46 bits per heavy atom. The highest BCUT2D eigenvalue weighted by Gasteiger charge is 2.27. The van der Waals surface area contributed by atoms with Crippen LogP contribution in [0.4, 0.5) is 13.2 Å². The van der Waals surface area contributed by atoms with E-state index in [0.29, 0.717) is 23.7 Å². The van der Waals surface area contributed by atoms with Gasteiger partial charge in [0.25, 0.3) is 0 Å². The van der Waals surface area contributed by atoms with Crippen LogP contribution < -0.4 is 10.1 Å². The number of amides is 1. The van der Waals surface area contributed by atoms with Crippen molar-refractivity contribution in [2.45, 2.75) is 33.1 Å². The van der Waals surface area contributed by atoms with Gasteiger partial charge < -0.3 is 14.6 Å². The van der Waals surface area contributed by atoms with E-state index < -0.39 is 18.6 Å². The van der Waals surface area contributed by atoms with Gasteiger partial charge in [0.1, 0.15) is 24.7 Å². The number of aryl methyl sites for hydroxylation is 2. The molecule has 5 nitrogen and oxygen atoms in total. The third-order valence-corrected chi connectivity index (χ3v) is 3.34. The molecule has 0 saturated carbocycles. The molecule has 1 heterocycles. The van der Waals surface area contributed by atoms with Crippen molar-refractivity contribution in [2.75, 3.05) is 6.54 Å². The van der Waals surface area contributed by atoms with Gasteiger partial charge in [-0.3, -0.25) is 4.79 Å². The van der Waals surface area contributed by atoms with E-state index in [9.17, 15) is 18.0 Å². The van der Waals surface area contributed by atoms with Crippen molar-refractivity contribution in [3.05, 3.63) is 46.8 Å². The quantitative estimate of drug-likeness (QED) is 0.876. The number of carbonyl (C=O) groups excluding carboxylic acids is 1. The molecule has 0 radical (unpaired) electrons. The van der Waals surface area contributed by atoms with Crippen molar-refractivity contribution in [1.29, 1.82) is 0 Å². The van der Waals surface area contributed by atoms with Crippen LogP contribution in [-0.4, -0.2) is 23.8 Å². The highest BCUT2D eigenvalue weighted by Crippen LogP contribution is 2.18. The molecule has 1 N–H and O–H groups in total. The normalized spacial score (nSPS) is 11.4. The highest BCUT2D eigenvalue weighted by atomic mass is 19.4. The maximum absolute atomic E-state index is 12.0. The molecule has 8 heteroatoms. The molecule has 0 saturated heterocycles. The molecular formula is C16H17F3N2O3. The Morgan fingerprint density at radius 1 is 1.25 bits per heavy atom. The summed E-state index contributed by atoms with van der Waals surface area (Å²) in [6.07, 6.45) is -4.54. The van der Waals surface area contributed by atoms with E-state index in [1.165, 1.54) is 0 Å². The zero-order valence-electron chi connectivity index (χ0n) is 13.2. The number of aromatic nitrogens is 1. The molecule has 0 bridgehead atoms. The third-order valence-electron chi connectivity index (χ3n) is 3.34. The minimum absolute atomic E-state index is 0.125. The van der Waals surface area contributed by atoms with E-state index in [0.717, 1.165) is 11.3 Å². The zero-order chi connectivity index (χ0) is 17.7. The van der Waals surface area contributed by atoms with Crippen LogP contribution in [0.3, 0.4) is 0 Å². The summed E-state index contributed by atoms with van der Waals surface area (Å²) in [6.45, 7) is 2.58. The van der Waals surface area contributed by atoms with Gasteiger partial charge in [0, 0.05) is 0 Å². The van der Waals surface area contributed by atoms with E-state index in [2.05, 4.69) is 5.16 Å². The summed E-state index contributed by atoms with van der Waals surface area (Å²) in [4.78, 5) is 11.4. The number of rotatable bonds is 6. The van der Waals surface area contributed by atoms with Crippen LogP contribution in [0.5, 0.6) is 5.75 Å². The van der Waals surface area contributed by atoms with Gasteiger partial charge in [-0.25, -0.2) is 0 Å². The van der Waals surface area contributed by atoms with Crippen molar-refractivity contribution in [1.82, 2.24) is 10.5 Å². The predicted molar refractivity (Wildman–Crippen MR) is 79.5 cm³/mol. The van der Waals surface area contributed by atoms with Crippen molar-refractivity contribution in [3.8, 4) is 5.75 Å². The largest absolute Gasteiger partial charge is 0.489 e. The summed E-state index contributed by atoms with van der Waals surface area (Å²) in [5, 5.41) is 5.66. The van der Waals surface area contributed by atoms with Gasteiger partial charge in [-0.15, -0.1) is 0 Å². The molecule has 2 aromatic rings. The molecule has 0 fully saturated rings. The fourth-order valence-electron chi connectivity index (χ4n) is 2.01. The number of halogens is 3. The molecule has 0 atom stereocenters. The number of benzene rings is 1. The monoisotopic (exact) mass is 342 g/mol. The number of hydrogen-bond acceptors (Lipinski definition) is 4. The number of nitrogens with zero attached hydrogens (tertiary/aromatic N) is 1. The summed E-state index contributed by atoms with van der Waals surface area (Å²) < 4.78 is 46.7. The topological polar surface area (TPSA) is 64.4 Å². The second kappa shape index (κ2) is 7.37. The first-order valence-electron chi connectivity index (χ1n) is 7.21. The van der Waals surface area contributed by atoms with Crippen LogP contribution in [0.15, 0.2) is 28.8 Å². The first-order valence-corrected chi connectivity index (χ1v) is 7.21. The molecule has 0 spiro atoms. The lowest BCUT2D eigenvalue weighted by Crippen LogP contribution is -2.34. The van der Waals surface area contributed by atoms with Crippen LogP contribution in [0, 0.1) is 13.8 Å². The van der Waals surface area contributed by atoms with E-state index in [1.807, 2.05) is 12.2 Å². The van der Waals surface area contributed by atoms with Crippen molar-refractivity contribution >= 4 is 5.91 Å². The van der Waals surface area contributed by atoms with E-state index >= 15 is 0 Å². The lowest BCUT2D eigenvalue weighted by atomic mass is 10.1.